The number of nitrogen functional groups attached to an aromatic ring is 1. The maximum Gasteiger partial charge on any atom is 0.0366 e. The highest BCUT2D eigenvalue weighted by Gasteiger charge is 2.04. The lowest BCUT2D eigenvalue weighted by molar-refractivity contribution is 1.33. The second kappa shape index (κ2) is 5.61. The number of hydrogen-bond donors (Lipinski definition) is 1. The van der Waals surface area contributed by atoms with Gasteiger partial charge in [-0.3, -0.25) is 0 Å². The minimum absolute atomic E-state index is 0.847. The summed E-state index contributed by atoms with van der Waals surface area (Å²) in [6.07, 6.45) is 0. The Kier molecular flexibility index (Phi) is 4.13. The molecule has 0 spiro atoms. The number of nitrogens with two attached hydrogens (primary N) is 1. The first kappa shape index (κ1) is 12.5. The Morgan fingerprint density at radius 1 is 1.18 bits per heavy atom. The quantitative estimate of drug-likeness (QED) is 0.661. The molecule has 17 heavy (non-hydrogen) atoms. The highest BCUT2D eigenvalue weighted by atomic mass is 79.9. The van der Waals surface area contributed by atoms with Crippen LogP contribution in [0.25, 0.3) is 0 Å². The van der Waals surface area contributed by atoms with Crippen molar-refractivity contribution in [1.29, 1.82) is 0 Å². The molecule has 0 atom stereocenters. The first-order valence-electron chi connectivity index (χ1n) is 5.39. The molecule has 0 bridgehead atoms. The predicted molar refractivity (Wildman–Crippen MR) is 79.3 cm³/mol. The molecular formula is C14H14BrNS. The van der Waals surface area contributed by atoms with Crippen LogP contribution in [0.5, 0.6) is 0 Å². The van der Waals surface area contributed by atoms with Crippen LogP contribution in [0.2, 0.25) is 0 Å². The van der Waals surface area contributed by atoms with Crippen molar-refractivity contribution >= 4 is 33.4 Å². The summed E-state index contributed by atoms with van der Waals surface area (Å²) in [5, 5.41) is 0. The smallest absolute Gasteiger partial charge is 0.0366 e. The summed E-state index contributed by atoms with van der Waals surface area (Å²) in [5.41, 5.74) is 9.27. The van der Waals surface area contributed by atoms with Gasteiger partial charge in [-0.1, -0.05) is 39.7 Å². The fourth-order valence-corrected chi connectivity index (χ4v) is 3.37. The number of anilines is 1. The van der Waals surface area contributed by atoms with Crippen LogP contribution in [-0.2, 0) is 5.75 Å². The minimum atomic E-state index is 0.847. The van der Waals surface area contributed by atoms with Gasteiger partial charge >= 0.3 is 0 Å². The summed E-state index contributed by atoms with van der Waals surface area (Å²) >= 11 is 5.35. The molecule has 0 fully saturated rings. The Hall–Kier alpha value is -0.930. The molecule has 0 radical (unpaired) electrons. The van der Waals surface area contributed by atoms with Gasteiger partial charge in [0.2, 0.25) is 0 Å². The van der Waals surface area contributed by atoms with Crippen molar-refractivity contribution in [1.82, 2.24) is 0 Å². The van der Waals surface area contributed by atoms with Crippen LogP contribution in [0.4, 0.5) is 5.69 Å². The first-order valence-corrected chi connectivity index (χ1v) is 7.17. The Bertz CT molecular complexity index is 505. The van der Waals surface area contributed by atoms with Gasteiger partial charge in [0.15, 0.2) is 0 Å². The topological polar surface area (TPSA) is 26.0 Å². The minimum Gasteiger partial charge on any atom is -0.398 e. The SMILES string of the molecule is Cc1cccc(SCc2c(N)cccc2Br)c1. The number of hydrogen-bond acceptors (Lipinski definition) is 2. The molecule has 0 unspecified atom stereocenters. The summed E-state index contributed by atoms with van der Waals surface area (Å²) in [4.78, 5) is 1.28. The molecule has 3 heteroatoms. The van der Waals surface area contributed by atoms with Gasteiger partial charge in [0.25, 0.3) is 0 Å². The van der Waals surface area contributed by atoms with Crippen LogP contribution in [0.3, 0.4) is 0 Å². The van der Waals surface area contributed by atoms with Gasteiger partial charge in [-0.05, 0) is 36.8 Å². The van der Waals surface area contributed by atoms with Crippen LogP contribution in [0.15, 0.2) is 51.8 Å². The molecule has 2 N–H and O–H groups in total. The largest absolute Gasteiger partial charge is 0.398 e. The molecule has 88 valence electrons. The van der Waals surface area contributed by atoms with E-state index in [1.54, 1.807) is 11.8 Å². The van der Waals surface area contributed by atoms with Crippen LogP contribution >= 0.6 is 27.7 Å². The van der Waals surface area contributed by atoms with E-state index in [4.69, 9.17) is 5.73 Å². The van der Waals surface area contributed by atoms with Crippen molar-refractivity contribution in [3.05, 3.63) is 58.1 Å². The highest BCUT2D eigenvalue weighted by molar-refractivity contribution is 9.10. The summed E-state index contributed by atoms with van der Waals surface area (Å²) < 4.78 is 1.08. The fraction of sp³-hybridized carbons (Fsp3) is 0.143. The molecule has 2 aromatic rings. The van der Waals surface area contributed by atoms with Gasteiger partial charge in [0.05, 0.1) is 0 Å². The van der Waals surface area contributed by atoms with E-state index in [0.29, 0.717) is 0 Å². The highest BCUT2D eigenvalue weighted by Crippen LogP contribution is 2.30. The van der Waals surface area contributed by atoms with Crippen LogP contribution in [-0.4, -0.2) is 0 Å². The van der Waals surface area contributed by atoms with E-state index < -0.39 is 0 Å². The third kappa shape index (κ3) is 3.27. The number of halogens is 1. The van der Waals surface area contributed by atoms with Gasteiger partial charge in [0, 0.05) is 20.8 Å². The summed E-state index contributed by atoms with van der Waals surface area (Å²) in [6.45, 7) is 2.11. The van der Waals surface area contributed by atoms with Crippen molar-refractivity contribution in [2.45, 2.75) is 17.6 Å². The molecule has 2 rings (SSSR count). The molecule has 0 aromatic heterocycles. The lowest BCUT2D eigenvalue weighted by atomic mass is 10.2. The lowest BCUT2D eigenvalue weighted by Gasteiger charge is -2.08. The zero-order valence-electron chi connectivity index (χ0n) is 9.61. The van der Waals surface area contributed by atoms with Crippen molar-refractivity contribution < 1.29 is 0 Å². The standard InChI is InChI=1S/C14H14BrNS/c1-10-4-2-5-11(8-10)17-9-12-13(15)6-3-7-14(12)16/h2-8H,9,16H2,1H3. The van der Waals surface area contributed by atoms with Crippen LogP contribution in [0, 0.1) is 6.92 Å². The molecule has 0 aliphatic carbocycles. The maximum absolute atomic E-state index is 5.97. The van der Waals surface area contributed by atoms with Crippen LogP contribution < -0.4 is 5.73 Å². The van der Waals surface area contributed by atoms with Crippen molar-refractivity contribution in [3.8, 4) is 0 Å². The second-order valence-electron chi connectivity index (χ2n) is 3.91. The Morgan fingerprint density at radius 3 is 2.65 bits per heavy atom. The molecule has 2 aromatic carbocycles. The van der Waals surface area contributed by atoms with E-state index in [1.807, 2.05) is 18.2 Å². The van der Waals surface area contributed by atoms with Crippen molar-refractivity contribution in [3.63, 3.8) is 0 Å². The molecule has 0 aliphatic rings. The average molecular weight is 308 g/mol. The van der Waals surface area contributed by atoms with Crippen molar-refractivity contribution in [2.24, 2.45) is 0 Å². The number of aryl methyl sites for hydroxylation is 1. The summed E-state index contributed by atoms with van der Waals surface area (Å²) in [6, 6.07) is 14.4. The lowest BCUT2D eigenvalue weighted by Crippen LogP contribution is -1.93. The van der Waals surface area contributed by atoms with Gasteiger partial charge in [0.1, 0.15) is 0 Å². The molecule has 0 saturated heterocycles. The predicted octanol–water partition coefficient (Wildman–Crippen LogP) is 4.63. The number of rotatable bonds is 3. The van der Waals surface area contributed by atoms with Gasteiger partial charge in [-0.15, -0.1) is 11.8 Å². The Labute approximate surface area is 115 Å². The molecule has 0 amide bonds. The van der Waals surface area contributed by atoms with Gasteiger partial charge in [-0.2, -0.15) is 0 Å². The molecular weight excluding hydrogens is 294 g/mol. The molecule has 0 aliphatic heterocycles. The summed E-state index contributed by atoms with van der Waals surface area (Å²) in [7, 11) is 0. The fourth-order valence-electron chi connectivity index (χ4n) is 1.59. The average Bonchev–Trinajstić information content (AvgIpc) is 2.28. The van der Waals surface area contributed by atoms with Gasteiger partial charge in [-0.25, -0.2) is 0 Å². The van der Waals surface area contributed by atoms with Gasteiger partial charge < -0.3 is 5.73 Å². The van der Waals surface area contributed by atoms with E-state index >= 15 is 0 Å². The number of benzene rings is 2. The third-order valence-corrected chi connectivity index (χ3v) is 4.29. The Balaban J connectivity index is 2.13. The molecule has 1 nitrogen and oxygen atoms in total. The van der Waals surface area contributed by atoms with Crippen molar-refractivity contribution in [2.75, 3.05) is 5.73 Å². The summed E-state index contributed by atoms with van der Waals surface area (Å²) in [5.74, 6) is 0.886. The normalized spacial score (nSPS) is 10.5. The molecule has 0 saturated carbocycles. The van der Waals surface area contributed by atoms with E-state index in [0.717, 1.165) is 15.9 Å². The second-order valence-corrected chi connectivity index (χ2v) is 5.82. The molecule has 0 heterocycles. The zero-order valence-corrected chi connectivity index (χ0v) is 12.0. The van der Waals surface area contributed by atoms with E-state index in [-0.39, 0.29) is 0 Å². The monoisotopic (exact) mass is 307 g/mol. The Morgan fingerprint density at radius 2 is 1.94 bits per heavy atom. The van der Waals surface area contributed by atoms with E-state index in [1.165, 1.54) is 16.0 Å². The third-order valence-electron chi connectivity index (χ3n) is 2.53. The van der Waals surface area contributed by atoms with E-state index in [9.17, 15) is 0 Å². The van der Waals surface area contributed by atoms with E-state index in [2.05, 4.69) is 47.1 Å². The van der Waals surface area contributed by atoms with Crippen LogP contribution in [0.1, 0.15) is 11.1 Å². The first-order chi connectivity index (χ1) is 8.16. The zero-order chi connectivity index (χ0) is 12.3. The number of thioether (sulfide) groups is 1. The maximum atomic E-state index is 5.97.